The number of halogens is 4. The molecule has 0 spiro atoms. The zero-order valence-electron chi connectivity index (χ0n) is 13.1. The molecule has 2 rings (SSSR count). The zero-order chi connectivity index (χ0) is 18.6. The summed E-state index contributed by atoms with van der Waals surface area (Å²) in [7, 11) is 0. The van der Waals surface area contributed by atoms with E-state index in [1.807, 2.05) is 0 Å². The maximum absolute atomic E-state index is 12.9. The van der Waals surface area contributed by atoms with Crippen LogP contribution in [0, 0.1) is 25.5 Å². The third-order valence-corrected chi connectivity index (χ3v) is 4.36. The Labute approximate surface area is 155 Å². The minimum absolute atomic E-state index is 0.0480. The predicted octanol–water partition coefficient (Wildman–Crippen LogP) is 5.69. The molecule has 0 atom stereocenters. The van der Waals surface area contributed by atoms with Crippen LogP contribution in [0.3, 0.4) is 0 Å². The highest BCUT2D eigenvalue weighted by atomic mass is 79.9. The third kappa shape index (κ3) is 5.21. The number of aromatic carboxylic acids is 1. The first kappa shape index (κ1) is 20.4. The van der Waals surface area contributed by atoms with E-state index in [0.29, 0.717) is 21.2 Å². The summed E-state index contributed by atoms with van der Waals surface area (Å²) in [6, 6.07) is 5.30. The average molecular weight is 464 g/mol. The van der Waals surface area contributed by atoms with Crippen molar-refractivity contribution in [3.8, 4) is 0 Å². The van der Waals surface area contributed by atoms with Gasteiger partial charge in [-0.3, -0.25) is 4.79 Å². The summed E-state index contributed by atoms with van der Waals surface area (Å²) in [6.07, 6.45) is 0. The molecule has 0 aromatic heterocycles. The van der Waals surface area contributed by atoms with Crippen LogP contribution in [0.25, 0.3) is 0 Å². The summed E-state index contributed by atoms with van der Waals surface area (Å²) in [4.78, 5) is 21.5. The van der Waals surface area contributed by atoms with Crippen LogP contribution in [0.5, 0.6) is 0 Å². The number of aryl methyl sites for hydroxylation is 2. The molecule has 24 heavy (non-hydrogen) atoms. The monoisotopic (exact) mass is 462 g/mol. The maximum atomic E-state index is 12.9. The fraction of sp³-hybridized carbons (Fsp3) is 0.176. The summed E-state index contributed by atoms with van der Waals surface area (Å²) in [5, 5.41) is 8.64. The molecule has 0 fully saturated rings. The van der Waals surface area contributed by atoms with Crippen molar-refractivity contribution in [3.63, 3.8) is 0 Å². The minimum atomic E-state index is -1.05. The summed E-state index contributed by atoms with van der Waals surface area (Å²) < 4.78 is 26.2. The molecule has 0 aliphatic rings. The number of carbonyl (C=O) groups is 2. The molecular formula is C17H14Br2F2O3. The lowest BCUT2D eigenvalue weighted by Crippen LogP contribution is -2.00. The minimum Gasteiger partial charge on any atom is -0.478 e. The number of carbonyl (C=O) groups excluding carboxylic acids is 1. The van der Waals surface area contributed by atoms with E-state index < -0.39 is 11.8 Å². The highest BCUT2D eigenvalue weighted by Crippen LogP contribution is 2.21. The van der Waals surface area contributed by atoms with Crippen molar-refractivity contribution in [2.24, 2.45) is 0 Å². The van der Waals surface area contributed by atoms with Gasteiger partial charge in [-0.15, -0.1) is 0 Å². The first-order valence-corrected chi connectivity index (χ1v) is 8.28. The number of rotatable bonds is 2. The van der Waals surface area contributed by atoms with Gasteiger partial charge in [0.2, 0.25) is 0 Å². The van der Waals surface area contributed by atoms with Gasteiger partial charge in [-0.25, -0.2) is 13.6 Å². The molecule has 3 nitrogen and oxygen atoms in total. The molecule has 0 aliphatic heterocycles. The first-order valence-electron chi connectivity index (χ1n) is 6.70. The van der Waals surface area contributed by atoms with E-state index in [4.69, 9.17) is 5.11 Å². The molecule has 1 N–H and O–H groups in total. The van der Waals surface area contributed by atoms with E-state index in [0.717, 1.165) is 0 Å². The largest absolute Gasteiger partial charge is 0.478 e. The quantitative estimate of drug-likeness (QED) is 0.581. The van der Waals surface area contributed by atoms with Gasteiger partial charge in [-0.05, 0) is 88.0 Å². The summed E-state index contributed by atoms with van der Waals surface area (Å²) in [5.41, 5.74) is 1.76. The van der Waals surface area contributed by atoms with Gasteiger partial charge in [0.05, 0.1) is 14.5 Å². The number of carboxylic acids is 1. The van der Waals surface area contributed by atoms with Crippen molar-refractivity contribution in [3.05, 3.63) is 67.1 Å². The van der Waals surface area contributed by atoms with E-state index >= 15 is 0 Å². The van der Waals surface area contributed by atoms with Crippen molar-refractivity contribution in [2.45, 2.75) is 20.8 Å². The van der Waals surface area contributed by atoms with Crippen molar-refractivity contribution >= 4 is 43.6 Å². The highest BCUT2D eigenvalue weighted by molar-refractivity contribution is 9.10. The molecule has 128 valence electrons. The van der Waals surface area contributed by atoms with E-state index in [9.17, 15) is 18.4 Å². The number of Topliss-reactive ketones (excluding diaryl/α,β-unsaturated/α-hetero) is 1. The van der Waals surface area contributed by atoms with Crippen LogP contribution in [-0.4, -0.2) is 16.9 Å². The van der Waals surface area contributed by atoms with Crippen LogP contribution >= 0.6 is 31.9 Å². The Hall–Kier alpha value is -1.60. The van der Waals surface area contributed by atoms with Gasteiger partial charge in [-0.1, -0.05) is 0 Å². The Morgan fingerprint density at radius 2 is 1.25 bits per heavy atom. The van der Waals surface area contributed by atoms with Gasteiger partial charge in [0, 0.05) is 5.56 Å². The van der Waals surface area contributed by atoms with Crippen molar-refractivity contribution in [1.29, 1.82) is 0 Å². The molecule has 0 heterocycles. The van der Waals surface area contributed by atoms with E-state index in [-0.39, 0.29) is 21.6 Å². The normalized spacial score (nSPS) is 9.96. The van der Waals surface area contributed by atoms with Gasteiger partial charge >= 0.3 is 5.97 Å². The Balaban J connectivity index is 0.000000240. The van der Waals surface area contributed by atoms with Crippen LogP contribution < -0.4 is 0 Å². The van der Waals surface area contributed by atoms with Crippen LogP contribution in [0.15, 0.2) is 33.2 Å². The van der Waals surface area contributed by atoms with Crippen LogP contribution in [-0.2, 0) is 0 Å². The molecule has 0 radical (unpaired) electrons. The molecule has 0 unspecified atom stereocenters. The van der Waals surface area contributed by atoms with Crippen LogP contribution in [0.4, 0.5) is 8.78 Å². The lowest BCUT2D eigenvalue weighted by molar-refractivity contribution is 0.0695. The Bertz CT molecular complexity index is 737. The SMILES string of the molecule is CC(=O)c1cc(Br)c(F)cc1C.Cc1cc(F)c(Br)cc1C(=O)O. The van der Waals surface area contributed by atoms with Gasteiger partial charge in [0.15, 0.2) is 5.78 Å². The van der Waals surface area contributed by atoms with Gasteiger partial charge in [-0.2, -0.15) is 0 Å². The number of benzene rings is 2. The van der Waals surface area contributed by atoms with E-state index in [1.54, 1.807) is 13.8 Å². The zero-order valence-corrected chi connectivity index (χ0v) is 16.3. The third-order valence-electron chi connectivity index (χ3n) is 3.14. The Kier molecular flexibility index (Phi) is 7.23. The lowest BCUT2D eigenvalue weighted by Gasteiger charge is -2.02. The molecule has 0 saturated heterocycles. The molecular weight excluding hydrogens is 450 g/mol. The molecule has 0 bridgehead atoms. The van der Waals surface area contributed by atoms with Crippen molar-refractivity contribution in [1.82, 2.24) is 0 Å². The van der Waals surface area contributed by atoms with Crippen LogP contribution in [0.2, 0.25) is 0 Å². The molecule has 0 saturated carbocycles. The van der Waals surface area contributed by atoms with Gasteiger partial charge < -0.3 is 5.11 Å². The molecule has 0 aliphatic carbocycles. The van der Waals surface area contributed by atoms with Gasteiger partial charge in [0.1, 0.15) is 11.6 Å². The first-order chi connectivity index (χ1) is 11.0. The van der Waals surface area contributed by atoms with Crippen molar-refractivity contribution < 1.29 is 23.5 Å². The molecule has 0 amide bonds. The van der Waals surface area contributed by atoms with E-state index in [2.05, 4.69) is 31.9 Å². The standard InChI is InChI=1S/C9H8BrFO.C8H6BrFO2/c1-5-3-9(11)8(10)4-7(5)6(2)12;1-4-2-7(10)6(9)3-5(4)8(11)12/h3-4H,1-2H3;2-3H,1H3,(H,11,12). The van der Waals surface area contributed by atoms with Crippen molar-refractivity contribution in [2.75, 3.05) is 0 Å². The number of hydrogen-bond acceptors (Lipinski definition) is 2. The molecule has 7 heteroatoms. The predicted molar refractivity (Wildman–Crippen MR) is 94.6 cm³/mol. The summed E-state index contributed by atoms with van der Waals surface area (Å²) in [5.74, 6) is -1.88. The number of ketones is 1. The second-order valence-electron chi connectivity index (χ2n) is 5.02. The molecule has 2 aromatic carbocycles. The highest BCUT2D eigenvalue weighted by Gasteiger charge is 2.10. The van der Waals surface area contributed by atoms with E-state index in [1.165, 1.54) is 31.2 Å². The van der Waals surface area contributed by atoms with Gasteiger partial charge in [0.25, 0.3) is 0 Å². The fourth-order valence-electron chi connectivity index (χ4n) is 1.90. The lowest BCUT2D eigenvalue weighted by atomic mass is 10.1. The number of hydrogen-bond donors (Lipinski definition) is 1. The second kappa shape index (κ2) is 8.48. The maximum Gasteiger partial charge on any atom is 0.335 e. The average Bonchev–Trinajstić information content (AvgIpc) is 2.46. The molecule has 2 aromatic rings. The van der Waals surface area contributed by atoms with Crippen LogP contribution in [0.1, 0.15) is 38.8 Å². The smallest absolute Gasteiger partial charge is 0.335 e. The summed E-state index contributed by atoms with van der Waals surface area (Å²) in [6.45, 7) is 4.73. The summed E-state index contributed by atoms with van der Waals surface area (Å²) >= 11 is 5.93. The number of carboxylic acid groups (broad SMARTS) is 1. The second-order valence-corrected chi connectivity index (χ2v) is 6.73. The Morgan fingerprint density at radius 3 is 1.62 bits per heavy atom. The topological polar surface area (TPSA) is 54.4 Å². The fourth-order valence-corrected chi connectivity index (χ4v) is 2.59. The Morgan fingerprint density at radius 1 is 0.875 bits per heavy atom.